The van der Waals surface area contributed by atoms with Crippen molar-refractivity contribution >= 4 is 0 Å². The number of hydrogen-bond donors (Lipinski definition) is 2. The summed E-state index contributed by atoms with van der Waals surface area (Å²) in [5.41, 5.74) is 4.71. The Morgan fingerprint density at radius 2 is 2.06 bits per heavy atom. The third-order valence-corrected chi connectivity index (χ3v) is 3.26. The fourth-order valence-electron chi connectivity index (χ4n) is 2.36. The molecule has 0 unspecified atom stereocenters. The lowest BCUT2D eigenvalue weighted by molar-refractivity contribution is 0.475. The van der Waals surface area contributed by atoms with Crippen LogP contribution in [0.25, 0.3) is 11.3 Å². The molecule has 0 saturated carbocycles. The van der Waals surface area contributed by atoms with Crippen molar-refractivity contribution < 1.29 is 5.11 Å². The molecular weight excluding hydrogens is 214 g/mol. The highest BCUT2D eigenvalue weighted by Gasteiger charge is 2.19. The number of fused-ring (bicyclic) bond motifs is 1. The lowest BCUT2D eigenvalue weighted by Crippen LogP contribution is -2.24. The molecule has 1 aliphatic heterocycles. The smallest absolute Gasteiger partial charge is 0.115 e. The molecule has 0 saturated heterocycles. The largest absolute Gasteiger partial charge is 0.508 e. The number of nitrogens with zero attached hydrogens (tertiary/aromatic N) is 2. The SMILES string of the molecule is Cn1nc(-c2ccc(O)cc2)c2c1CNCC2. The standard InChI is InChI=1S/C13H15N3O/c1-16-12-8-14-7-6-11(12)13(15-16)9-2-4-10(17)5-3-9/h2-5,14,17H,6-8H2,1H3. The van der Waals surface area contributed by atoms with Gasteiger partial charge in [0.2, 0.25) is 0 Å². The quantitative estimate of drug-likeness (QED) is 0.778. The van der Waals surface area contributed by atoms with Crippen LogP contribution in [-0.4, -0.2) is 21.4 Å². The van der Waals surface area contributed by atoms with Gasteiger partial charge in [0.25, 0.3) is 0 Å². The first-order valence-corrected chi connectivity index (χ1v) is 5.80. The highest BCUT2D eigenvalue weighted by molar-refractivity contribution is 5.65. The second-order valence-corrected chi connectivity index (χ2v) is 4.37. The number of phenols is 1. The first-order chi connectivity index (χ1) is 8.25. The number of hydrogen-bond acceptors (Lipinski definition) is 3. The Hall–Kier alpha value is -1.81. The molecular formula is C13H15N3O. The molecule has 0 bridgehead atoms. The van der Waals surface area contributed by atoms with Crippen LogP contribution in [-0.2, 0) is 20.0 Å². The number of rotatable bonds is 1. The molecule has 4 nitrogen and oxygen atoms in total. The molecule has 88 valence electrons. The second-order valence-electron chi connectivity index (χ2n) is 4.37. The van der Waals surface area contributed by atoms with E-state index in [4.69, 9.17) is 0 Å². The van der Waals surface area contributed by atoms with Gasteiger partial charge in [0.1, 0.15) is 5.75 Å². The molecule has 17 heavy (non-hydrogen) atoms. The van der Waals surface area contributed by atoms with Gasteiger partial charge in [-0.05, 0) is 37.2 Å². The number of nitrogens with one attached hydrogen (secondary N) is 1. The summed E-state index contributed by atoms with van der Waals surface area (Å²) in [6.07, 6.45) is 1.01. The molecule has 0 aliphatic carbocycles. The molecule has 0 fully saturated rings. The number of phenolic OH excluding ortho intramolecular Hbond substituents is 1. The van der Waals surface area contributed by atoms with Gasteiger partial charge in [-0.25, -0.2) is 0 Å². The fraction of sp³-hybridized carbons (Fsp3) is 0.308. The minimum Gasteiger partial charge on any atom is -0.508 e. The van der Waals surface area contributed by atoms with E-state index < -0.39 is 0 Å². The van der Waals surface area contributed by atoms with E-state index in [0.717, 1.165) is 30.8 Å². The van der Waals surface area contributed by atoms with Crippen molar-refractivity contribution in [3.05, 3.63) is 35.5 Å². The van der Waals surface area contributed by atoms with Crippen molar-refractivity contribution in [2.75, 3.05) is 6.54 Å². The van der Waals surface area contributed by atoms with E-state index in [-0.39, 0.29) is 0 Å². The predicted octanol–water partition coefficient (Wildman–Crippen LogP) is 1.44. The molecule has 0 atom stereocenters. The minimum atomic E-state index is 0.292. The summed E-state index contributed by atoms with van der Waals surface area (Å²) in [6.45, 7) is 1.89. The van der Waals surface area contributed by atoms with Gasteiger partial charge < -0.3 is 10.4 Å². The van der Waals surface area contributed by atoms with E-state index in [0.29, 0.717) is 5.75 Å². The average molecular weight is 229 g/mol. The van der Waals surface area contributed by atoms with E-state index in [1.165, 1.54) is 11.3 Å². The zero-order valence-electron chi connectivity index (χ0n) is 9.77. The highest BCUT2D eigenvalue weighted by Crippen LogP contribution is 2.28. The summed E-state index contributed by atoms with van der Waals surface area (Å²) in [4.78, 5) is 0. The van der Waals surface area contributed by atoms with Crippen molar-refractivity contribution in [1.82, 2.24) is 15.1 Å². The van der Waals surface area contributed by atoms with E-state index in [9.17, 15) is 5.11 Å². The molecule has 0 amide bonds. The monoisotopic (exact) mass is 229 g/mol. The second kappa shape index (κ2) is 3.89. The van der Waals surface area contributed by atoms with Crippen molar-refractivity contribution in [2.24, 2.45) is 7.05 Å². The first-order valence-electron chi connectivity index (χ1n) is 5.80. The van der Waals surface area contributed by atoms with Crippen LogP contribution in [0.3, 0.4) is 0 Å². The van der Waals surface area contributed by atoms with Gasteiger partial charge in [-0.2, -0.15) is 5.10 Å². The Morgan fingerprint density at radius 3 is 2.82 bits per heavy atom. The van der Waals surface area contributed by atoms with Gasteiger partial charge in [0.05, 0.1) is 11.4 Å². The van der Waals surface area contributed by atoms with Crippen LogP contribution in [0.4, 0.5) is 0 Å². The Labute approximate surface area is 99.9 Å². The minimum absolute atomic E-state index is 0.292. The van der Waals surface area contributed by atoms with Crippen LogP contribution in [0.2, 0.25) is 0 Å². The van der Waals surface area contributed by atoms with Crippen LogP contribution in [0, 0.1) is 0 Å². The number of aryl methyl sites for hydroxylation is 1. The van der Waals surface area contributed by atoms with Crippen LogP contribution in [0.15, 0.2) is 24.3 Å². The summed E-state index contributed by atoms with van der Waals surface area (Å²) < 4.78 is 1.95. The number of benzene rings is 1. The molecule has 1 aromatic carbocycles. The average Bonchev–Trinajstić information content (AvgIpc) is 2.69. The normalized spacial score (nSPS) is 14.6. The van der Waals surface area contributed by atoms with E-state index in [1.54, 1.807) is 12.1 Å². The number of aromatic nitrogens is 2. The van der Waals surface area contributed by atoms with Crippen molar-refractivity contribution in [2.45, 2.75) is 13.0 Å². The lowest BCUT2D eigenvalue weighted by atomic mass is 10.0. The van der Waals surface area contributed by atoms with Crippen molar-refractivity contribution in [3.8, 4) is 17.0 Å². The Kier molecular flexibility index (Phi) is 2.37. The molecule has 2 N–H and O–H groups in total. The van der Waals surface area contributed by atoms with Crippen LogP contribution in [0.5, 0.6) is 5.75 Å². The molecule has 0 radical (unpaired) electrons. The zero-order chi connectivity index (χ0) is 11.8. The first kappa shape index (κ1) is 10.4. The summed E-state index contributed by atoms with van der Waals surface area (Å²) in [5, 5.41) is 17.3. The molecule has 1 aliphatic rings. The maximum atomic E-state index is 9.31. The highest BCUT2D eigenvalue weighted by atomic mass is 16.3. The van der Waals surface area contributed by atoms with E-state index >= 15 is 0 Å². The molecule has 1 aromatic heterocycles. The molecule has 4 heteroatoms. The van der Waals surface area contributed by atoms with Crippen LogP contribution in [0.1, 0.15) is 11.3 Å². The zero-order valence-corrected chi connectivity index (χ0v) is 9.77. The molecule has 0 spiro atoms. The van der Waals surface area contributed by atoms with Gasteiger partial charge >= 0.3 is 0 Å². The molecule has 2 aromatic rings. The van der Waals surface area contributed by atoms with E-state index in [1.807, 2.05) is 23.9 Å². The Morgan fingerprint density at radius 1 is 1.29 bits per heavy atom. The van der Waals surface area contributed by atoms with Crippen molar-refractivity contribution in [3.63, 3.8) is 0 Å². The van der Waals surface area contributed by atoms with Gasteiger partial charge in [-0.1, -0.05) is 0 Å². The maximum Gasteiger partial charge on any atom is 0.115 e. The Balaban J connectivity index is 2.11. The number of aromatic hydroxyl groups is 1. The van der Waals surface area contributed by atoms with Gasteiger partial charge in [-0.3, -0.25) is 4.68 Å². The summed E-state index contributed by atoms with van der Waals surface area (Å²) >= 11 is 0. The maximum absolute atomic E-state index is 9.31. The summed E-state index contributed by atoms with van der Waals surface area (Å²) in [6, 6.07) is 7.24. The lowest BCUT2D eigenvalue weighted by Gasteiger charge is -2.14. The van der Waals surface area contributed by atoms with E-state index in [2.05, 4.69) is 10.4 Å². The predicted molar refractivity (Wildman–Crippen MR) is 65.7 cm³/mol. The molecule has 3 rings (SSSR count). The summed E-state index contributed by atoms with van der Waals surface area (Å²) in [5.74, 6) is 0.292. The molecule has 2 heterocycles. The van der Waals surface area contributed by atoms with Gasteiger partial charge in [0.15, 0.2) is 0 Å². The van der Waals surface area contributed by atoms with Crippen molar-refractivity contribution in [1.29, 1.82) is 0 Å². The van der Waals surface area contributed by atoms with Crippen LogP contribution < -0.4 is 5.32 Å². The summed E-state index contributed by atoms with van der Waals surface area (Å²) in [7, 11) is 1.98. The third kappa shape index (κ3) is 1.70. The Bertz CT molecular complexity index is 543. The van der Waals surface area contributed by atoms with Gasteiger partial charge in [-0.15, -0.1) is 0 Å². The van der Waals surface area contributed by atoms with Gasteiger partial charge in [0, 0.05) is 24.7 Å². The topological polar surface area (TPSA) is 50.1 Å². The van der Waals surface area contributed by atoms with Crippen LogP contribution >= 0.6 is 0 Å². The third-order valence-electron chi connectivity index (χ3n) is 3.26. The fourth-order valence-corrected chi connectivity index (χ4v) is 2.36.